The van der Waals surface area contributed by atoms with Crippen LogP contribution >= 0.6 is 17.0 Å². The van der Waals surface area contributed by atoms with E-state index in [-0.39, 0.29) is 40.0 Å². The van der Waals surface area contributed by atoms with Crippen LogP contribution in [0.3, 0.4) is 0 Å². The average Bonchev–Trinajstić information content (AvgIpc) is 1.46. The van der Waals surface area contributed by atoms with Crippen molar-refractivity contribution in [2.24, 2.45) is 0 Å². The fourth-order valence-electron chi connectivity index (χ4n) is 0. The van der Waals surface area contributed by atoms with Gasteiger partial charge in [-0.1, -0.05) is 6.92 Å². The second kappa shape index (κ2) is 56.0. The molecule has 0 atom stereocenters. The first-order chi connectivity index (χ1) is 2.41. The van der Waals surface area contributed by atoms with Crippen LogP contribution in [-0.4, -0.2) is 23.1 Å². The summed E-state index contributed by atoms with van der Waals surface area (Å²) in [5, 5.41) is 0. The molecule has 0 spiro atoms. The summed E-state index contributed by atoms with van der Waals surface area (Å²) < 4.78 is 0. The van der Waals surface area contributed by atoms with Crippen LogP contribution in [0.2, 0.25) is 0 Å². The minimum absolute atomic E-state index is 0. The quantitative estimate of drug-likeness (QED) is 0.393. The predicted molar refractivity (Wildman–Crippen MR) is 42.8 cm³/mol. The van der Waals surface area contributed by atoms with E-state index in [0.29, 0.717) is 0 Å². The topological polar surface area (TPSA) is 0 Å². The molecule has 0 aliphatic heterocycles. The van der Waals surface area contributed by atoms with Crippen molar-refractivity contribution >= 4 is 40.0 Å². The van der Waals surface area contributed by atoms with E-state index in [1.54, 1.807) is 6.92 Å². The molecule has 0 nitrogen and oxygen atoms in total. The van der Waals surface area contributed by atoms with E-state index in [4.69, 9.17) is 0 Å². The molecule has 42 valence electrons. The molecule has 0 heterocycles. The number of rotatable bonds is 0. The zero-order valence-corrected chi connectivity index (χ0v) is 8.36. The molecule has 0 rings (SSSR count). The third-order valence-electron chi connectivity index (χ3n) is 0. The summed E-state index contributed by atoms with van der Waals surface area (Å²) >= 11 is 0. The van der Waals surface area contributed by atoms with Crippen LogP contribution in [0.1, 0.15) is 20.3 Å². The Balaban J connectivity index is -0.0000000105. The second-order valence-electron chi connectivity index (χ2n) is 0.500. The van der Waals surface area contributed by atoms with E-state index in [1.807, 2.05) is 6.92 Å². The Morgan fingerprint density at radius 1 is 1.29 bits per heavy atom. The largest absolute Gasteiger partial charge is 2.00 e. The van der Waals surface area contributed by atoms with Crippen molar-refractivity contribution in [2.75, 3.05) is 0 Å². The van der Waals surface area contributed by atoms with Crippen LogP contribution in [0.15, 0.2) is 0 Å². The molecule has 0 aromatic rings. The van der Waals surface area contributed by atoms with Gasteiger partial charge in [0.05, 0.1) is 0 Å². The summed E-state index contributed by atoms with van der Waals surface area (Å²) in [6, 6.07) is 0. The molecule has 0 aromatic heterocycles. The first kappa shape index (κ1) is 24.0. The Hall–Kier alpha value is 1.25. The van der Waals surface area contributed by atoms with Crippen LogP contribution < -0.4 is 0 Å². The molecular formula is C5H13BrMg. The molecule has 0 saturated heterocycles. The Kier molecular flexibility index (Phi) is 192. The molecule has 0 radical (unpaired) electrons. The smallest absolute Gasteiger partial charge is 0.346 e. The van der Waals surface area contributed by atoms with Crippen LogP contribution in [0, 0.1) is 13.8 Å². The molecule has 0 unspecified atom stereocenters. The molecule has 0 N–H and O–H groups in total. The van der Waals surface area contributed by atoms with Gasteiger partial charge in [-0.2, -0.15) is 13.3 Å². The van der Waals surface area contributed by atoms with Gasteiger partial charge >= 0.3 is 23.1 Å². The summed E-state index contributed by atoms with van der Waals surface area (Å²) in [4.78, 5) is 0. The zero-order chi connectivity index (χ0) is 4.71. The summed E-state index contributed by atoms with van der Waals surface area (Å²) in [7, 11) is 0. The normalized spacial score (nSPS) is 3.43. The monoisotopic (exact) mass is 176 g/mol. The summed E-state index contributed by atoms with van der Waals surface area (Å²) in [6.07, 6.45) is 1.00. The maximum absolute atomic E-state index is 3.49. The van der Waals surface area contributed by atoms with Crippen molar-refractivity contribution in [3.63, 3.8) is 0 Å². The van der Waals surface area contributed by atoms with Gasteiger partial charge < -0.3 is 13.8 Å². The van der Waals surface area contributed by atoms with Gasteiger partial charge in [-0.3, -0.25) is 0 Å². The molecule has 0 amide bonds. The zero-order valence-electron chi connectivity index (χ0n) is 5.24. The van der Waals surface area contributed by atoms with E-state index < -0.39 is 0 Å². The molecule has 0 saturated carbocycles. The minimum Gasteiger partial charge on any atom is -0.346 e. The number of hydrogen-bond donors (Lipinski definition) is 0. The Morgan fingerprint density at radius 3 is 1.29 bits per heavy atom. The number of hydrogen-bond acceptors (Lipinski definition) is 0. The standard InChI is InChI=1S/C3H7.C2H5.BrH.Mg/c1-3-2;1-2;;/h1,3H2,2H3;1H2,2H3;1H;/q2*-1;;+2. The van der Waals surface area contributed by atoms with Crippen molar-refractivity contribution in [1.82, 2.24) is 0 Å². The predicted octanol–water partition coefficient (Wildman–Crippen LogP) is 2.27. The van der Waals surface area contributed by atoms with E-state index >= 15 is 0 Å². The van der Waals surface area contributed by atoms with Crippen LogP contribution in [0.5, 0.6) is 0 Å². The average molecular weight is 177 g/mol. The molecule has 0 aromatic carbocycles. The molecule has 0 aliphatic rings. The molecule has 0 fully saturated rings. The van der Waals surface area contributed by atoms with Crippen LogP contribution in [0.25, 0.3) is 0 Å². The fraction of sp³-hybridized carbons (Fsp3) is 0.600. The third-order valence-corrected chi connectivity index (χ3v) is 0. The van der Waals surface area contributed by atoms with Gasteiger partial charge in [0.25, 0.3) is 0 Å². The molecular weight excluding hydrogens is 164 g/mol. The fourth-order valence-corrected chi connectivity index (χ4v) is 0. The summed E-state index contributed by atoms with van der Waals surface area (Å²) in [6.45, 7) is 10.5. The summed E-state index contributed by atoms with van der Waals surface area (Å²) in [5.41, 5.74) is 0. The van der Waals surface area contributed by atoms with Gasteiger partial charge in [-0.25, -0.2) is 0 Å². The third kappa shape index (κ3) is 128. The Bertz CT molecular complexity index is 8.04. The molecule has 0 aliphatic carbocycles. The van der Waals surface area contributed by atoms with Crippen LogP contribution in [-0.2, 0) is 0 Å². The van der Waals surface area contributed by atoms with Gasteiger partial charge in [0, 0.05) is 0 Å². The van der Waals surface area contributed by atoms with Gasteiger partial charge in [0.1, 0.15) is 0 Å². The van der Waals surface area contributed by atoms with Gasteiger partial charge in [0.15, 0.2) is 0 Å². The van der Waals surface area contributed by atoms with Crippen molar-refractivity contribution in [3.05, 3.63) is 13.8 Å². The second-order valence-corrected chi connectivity index (χ2v) is 0.500. The maximum Gasteiger partial charge on any atom is 2.00 e. The van der Waals surface area contributed by atoms with Crippen LogP contribution in [0.4, 0.5) is 0 Å². The van der Waals surface area contributed by atoms with Crippen molar-refractivity contribution < 1.29 is 0 Å². The van der Waals surface area contributed by atoms with E-state index in [1.165, 1.54) is 0 Å². The molecule has 7 heavy (non-hydrogen) atoms. The van der Waals surface area contributed by atoms with E-state index in [2.05, 4.69) is 13.8 Å². The Morgan fingerprint density at radius 2 is 1.29 bits per heavy atom. The Labute approximate surface area is 74.0 Å². The van der Waals surface area contributed by atoms with Gasteiger partial charge in [0.2, 0.25) is 0 Å². The first-order valence-corrected chi connectivity index (χ1v) is 1.91. The summed E-state index contributed by atoms with van der Waals surface area (Å²) in [5.74, 6) is 0. The van der Waals surface area contributed by atoms with E-state index in [9.17, 15) is 0 Å². The van der Waals surface area contributed by atoms with Gasteiger partial charge in [-0.05, 0) is 0 Å². The maximum atomic E-state index is 3.49. The van der Waals surface area contributed by atoms with Crippen molar-refractivity contribution in [3.8, 4) is 0 Å². The van der Waals surface area contributed by atoms with Crippen molar-refractivity contribution in [2.45, 2.75) is 20.3 Å². The SMILES string of the molecule is Br.[CH2-]C.[CH2-]CC.[Mg+2]. The first-order valence-electron chi connectivity index (χ1n) is 1.91. The van der Waals surface area contributed by atoms with E-state index in [0.717, 1.165) is 6.42 Å². The molecule has 2 heteroatoms. The van der Waals surface area contributed by atoms with Crippen molar-refractivity contribution in [1.29, 1.82) is 0 Å². The van der Waals surface area contributed by atoms with Gasteiger partial charge in [-0.15, -0.1) is 17.0 Å². The number of halogens is 1. The molecule has 0 bridgehead atoms. The minimum atomic E-state index is 0.